The first-order valence-corrected chi connectivity index (χ1v) is 10.0. The van der Waals surface area contributed by atoms with Gasteiger partial charge in [0.25, 0.3) is 5.91 Å². The number of hydrogen-bond acceptors (Lipinski definition) is 4. The standard InChI is InChI=1S/C22H21N3O3S/c26-20(24-17-10-5-2-6-11-17)15-23-21(27)18(14-16-8-3-1-4-9-16)25-22(28)19-12-7-13-29-19/h1-13,18H,14-15H2,(H,23,27)(H,24,26)(H,25,28). The highest BCUT2D eigenvalue weighted by Gasteiger charge is 2.22. The molecule has 3 amide bonds. The highest BCUT2D eigenvalue weighted by Crippen LogP contribution is 2.10. The summed E-state index contributed by atoms with van der Waals surface area (Å²) in [6.07, 6.45) is 0.324. The molecule has 29 heavy (non-hydrogen) atoms. The van der Waals surface area contributed by atoms with Gasteiger partial charge in [0.05, 0.1) is 11.4 Å². The molecule has 0 spiro atoms. The number of anilines is 1. The van der Waals surface area contributed by atoms with Crippen molar-refractivity contribution < 1.29 is 14.4 Å². The minimum Gasteiger partial charge on any atom is -0.345 e. The van der Waals surface area contributed by atoms with Crippen LogP contribution in [-0.2, 0) is 16.0 Å². The Bertz CT molecular complexity index is 944. The molecule has 1 atom stereocenters. The normalized spacial score (nSPS) is 11.3. The minimum atomic E-state index is -0.795. The fraction of sp³-hybridized carbons (Fsp3) is 0.136. The molecule has 1 unspecified atom stereocenters. The van der Waals surface area contributed by atoms with Gasteiger partial charge in [-0.05, 0) is 29.1 Å². The Morgan fingerprint density at radius 2 is 1.55 bits per heavy atom. The molecule has 1 heterocycles. The van der Waals surface area contributed by atoms with Crippen LogP contribution < -0.4 is 16.0 Å². The van der Waals surface area contributed by atoms with Gasteiger partial charge >= 0.3 is 0 Å². The summed E-state index contributed by atoms with van der Waals surface area (Å²) in [5.41, 5.74) is 1.56. The molecule has 3 rings (SSSR count). The van der Waals surface area contributed by atoms with E-state index in [1.807, 2.05) is 48.5 Å². The molecule has 0 aliphatic heterocycles. The van der Waals surface area contributed by atoms with E-state index in [0.29, 0.717) is 17.0 Å². The maximum atomic E-state index is 12.7. The second-order valence-corrected chi connectivity index (χ2v) is 7.27. The predicted octanol–water partition coefficient (Wildman–Crippen LogP) is 2.84. The molecule has 0 fully saturated rings. The SMILES string of the molecule is O=C(CNC(=O)C(Cc1ccccc1)NC(=O)c1cccs1)Nc1ccccc1. The van der Waals surface area contributed by atoms with Crippen LogP contribution in [0.5, 0.6) is 0 Å². The van der Waals surface area contributed by atoms with Crippen molar-refractivity contribution in [3.63, 3.8) is 0 Å². The van der Waals surface area contributed by atoms with E-state index >= 15 is 0 Å². The Morgan fingerprint density at radius 1 is 0.862 bits per heavy atom. The van der Waals surface area contributed by atoms with E-state index in [2.05, 4.69) is 16.0 Å². The molecular formula is C22H21N3O3S. The zero-order chi connectivity index (χ0) is 20.5. The molecule has 0 saturated heterocycles. The second-order valence-electron chi connectivity index (χ2n) is 6.33. The van der Waals surface area contributed by atoms with Crippen molar-refractivity contribution in [2.75, 3.05) is 11.9 Å². The van der Waals surface area contributed by atoms with Gasteiger partial charge in [0.2, 0.25) is 11.8 Å². The average Bonchev–Trinajstić information content (AvgIpc) is 3.28. The van der Waals surface area contributed by atoms with Gasteiger partial charge in [-0.1, -0.05) is 54.6 Å². The van der Waals surface area contributed by atoms with Crippen molar-refractivity contribution in [3.05, 3.63) is 88.6 Å². The zero-order valence-electron chi connectivity index (χ0n) is 15.6. The van der Waals surface area contributed by atoms with Gasteiger partial charge in [-0.2, -0.15) is 0 Å². The molecule has 6 nitrogen and oxygen atoms in total. The lowest BCUT2D eigenvalue weighted by Crippen LogP contribution is -2.49. The lowest BCUT2D eigenvalue weighted by molar-refractivity contribution is -0.125. The van der Waals surface area contributed by atoms with Crippen molar-refractivity contribution in [2.45, 2.75) is 12.5 Å². The number of amides is 3. The molecule has 0 aliphatic carbocycles. The van der Waals surface area contributed by atoms with E-state index in [1.54, 1.807) is 29.6 Å². The summed E-state index contributed by atoms with van der Waals surface area (Å²) in [6.45, 7) is -0.187. The highest BCUT2D eigenvalue weighted by molar-refractivity contribution is 7.12. The number of thiophene rings is 1. The number of nitrogens with one attached hydrogen (secondary N) is 3. The average molecular weight is 407 g/mol. The Morgan fingerprint density at radius 3 is 2.21 bits per heavy atom. The van der Waals surface area contributed by atoms with Gasteiger partial charge in [0.15, 0.2) is 0 Å². The van der Waals surface area contributed by atoms with Crippen LogP contribution in [0.4, 0.5) is 5.69 Å². The summed E-state index contributed by atoms with van der Waals surface area (Å²) in [5.74, 6) is -1.07. The van der Waals surface area contributed by atoms with Crippen molar-refractivity contribution in [3.8, 4) is 0 Å². The number of carbonyl (C=O) groups is 3. The van der Waals surface area contributed by atoms with Gasteiger partial charge in [-0.3, -0.25) is 14.4 Å². The molecule has 0 bridgehead atoms. The molecule has 7 heteroatoms. The van der Waals surface area contributed by atoms with Gasteiger partial charge in [-0.15, -0.1) is 11.3 Å². The molecule has 0 radical (unpaired) electrons. The van der Waals surface area contributed by atoms with Gasteiger partial charge < -0.3 is 16.0 Å². The van der Waals surface area contributed by atoms with Crippen LogP contribution in [-0.4, -0.2) is 30.3 Å². The third-order valence-corrected chi connectivity index (χ3v) is 5.00. The molecular weight excluding hydrogens is 386 g/mol. The lowest BCUT2D eigenvalue weighted by Gasteiger charge is -2.18. The first kappa shape index (κ1) is 20.3. The molecule has 1 aromatic heterocycles. The molecule has 3 aromatic rings. The van der Waals surface area contributed by atoms with Gasteiger partial charge in [0, 0.05) is 12.1 Å². The van der Waals surface area contributed by atoms with E-state index in [-0.39, 0.29) is 18.4 Å². The summed E-state index contributed by atoms with van der Waals surface area (Å²) in [6, 6.07) is 21.1. The number of rotatable bonds is 8. The first-order valence-electron chi connectivity index (χ1n) is 9.13. The van der Waals surface area contributed by atoms with Crippen molar-refractivity contribution in [1.82, 2.24) is 10.6 Å². The van der Waals surface area contributed by atoms with E-state index in [9.17, 15) is 14.4 Å². The Balaban J connectivity index is 1.61. The number of carbonyl (C=O) groups excluding carboxylic acids is 3. The monoisotopic (exact) mass is 407 g/mol. The minimum absolute atomic E-state index is 0.187. The molecule has 0 aliphatic rings. The fourth-order valence-corrected chi connectivity index (χ4v) is 3.34. The van der Waals surface area contributed by atoms with Crippen LogP contribution in [0, 0.1) is 0 Å². The summed E-state index contributed by atoms with van der Waals surface area (Å²) in [7, 11) is 0. The summed E-state index contributed by atoms with van der Waals surface area (Å²) >= 11 is 1.30. The lowest BCUT2D eigenvalue weighted by atomic mass is 10.1. The third kappa shape index (κ3) is 6.29. The van der Waals surface area contributed by atoms with Gasteiger partial charge in [-0.25, -0.2) is 0 Å². The van der Waals surface area contributed by atoms with Crippen LogP contribution in [0.3, 0.4) is 0 Å². The van der Waals surface area contributed by atoms with E-state index in [0.717, 1.165) is 5.56 Å². The summed E-state index contributed by atoms with van der Waals surface area (Å²) in [4.78, 5) is 37.8. The maximum Gasteiger partial charge on any atom is 0.262 e. The van der Waals surface area contributed by atoms with Crippen LogP contribution in [0.1, 0.15) is 15.2 Å². The third-order valence-electron chi connectivity index (χ3n) is 4.13. The number of benzene rings is 2. The Hall–Kier alpha value is -3.45. The second kappa shape index (κ2) is 10.2. The van der Waals surface area contributed by atoms with E-state index < -0.39 is 11.9 Å². The fourth-order valence-electron chi connectivity index (χ4n) is 2.71. The largest absolute Gasteiger partial charge is 0.345 e. The molecule has 148 valence electrons. The number of para-hydroxylation sites is 1. The summed E-state index contributed by atoms with van der Waals surface area (Å²) in [5, 5.41) is 9.89. The molecule has 0 saturated carbocycles. The quantitative estimate of drug-likeness (QED) is 0.537. The zero-order valence-corrected chi connectivity index (χ0v) is 16.4. The van der Waals surface area contributed by atoms with Crippen molar-refractivity contribution in [1.29, 1.82) is 0 Å². The topological polar surface area (TPSA) is 87.3 Å². The van der Waals surface area contributed by atoms with Crippen LogP contribution in [0.2, 0.25) is 0 Å². The Labute approximate surface area is 173 Å². The van der Waals surface area contributed by atoms with Crippen LogP contribution in [0.15, 0.2) is 78.2 Å². The van der Waals surface area contributed by atoms with Crippen LogP contribution in [0.25, 0.3) is 0 Å². The van der Waals surface area contributed by atoms with Crippen molar-refractivity contribution >= 4 is 34.7 Å². The highest BCUT2D eigenvalue weighted by atomic mass is 32.1. The van der Waals surface area contributed by atoms with E-state index in [1.165, 1.54) is 11.3 Å². The van der Waals surface area contributed by atoms with E-state index in [4.69, 9.17) is 0 Å². The number of hydrogen-bond donors (Lipinski definition) is 3. The molecule has 3 N–H and O–H groups in total. The summed E-state index contributed by atoms with van der Waals surface area (Å²) < 4.78 is 0. The predicted molar refractivity (Wildman–Crippen MR) is 114 cm³/mol. The smallest absolute Gasteiger partial charge is 0.262 e. The maximum absolute atomic E-state index is 12.7. The molecule has 2 aromatic carbocycles. The first-order chi connectivity index (χ1) is 14.1. The van der Waals surface area contributed by atoms with Crippen LogP contribution >= 0.6 is 11.3 Å². The van der Waals surface area contributed by atoms with Crippen molar-refractivity contribution in [2.24, 2.45) is 0 Å². The Kier molecular flexibility index (Phi) is 7.13. The van der Waals surface area contributed by atoms with Gasteiger partial charge in [0.1, 0.15) is 6.04 Å².